The third-order valence-corrected chi connectivity index (χ3v) is 2.09. The molecule has 1 heterocycles. The smallest absolute Gasteiger partial charge is 0.309 e. The number of rotatable bonds is 1. The van der Waals surface area contributed by atoms with Crippen LogP contribution in [0.3, 0.4) is 0 Å². The van der Waals surface area contributed by atoms with E-state index >= 15 is 0 Å². The van der Waals surface area contributed by atoms with Gasteiger partial charge in [-0.2, -0.15) is 4.68 Å². The van der Waals surface area contributed by atoms with Crippen molar-refractivity contribution in [3.05, 3.63) is 24.3 Å². The van der Waals surface area contributed by atoms with Gasteiger partial charge in [0.1, 0.15) is 0 Å². The van der Waals surface area contributed by atoms with Crippen molar-refractivity contribution >= 4 is 22.8 Å². The number of para-hydroxylation sites is 1. The number of hydrogen-bond acceptors (Lipinski definition) is 4. The molecule has 5 nitrogen and oxygen atoms in total. The van der Waals surface area contributed by atoms with Crippen LogP contribution >= 0.6 is 0 Å². The highest BCUT2D eigenvalue weighted by atomic mass is 16.5. The standard InChI is InChI=1S/C11H10N2O3/c1-7(14)13-10-6-4-3-5-9(10)11(12-13)16-8(2)15/h3-6H,1-2H3. The normalized spacial score (nSPS) is 10.4. The number of esters is 1. The number of carbonyl (C=O) groups is 2. The van der Waals surface area contributed by atoms with Crippen molar-refractivity contribution in [2.75, 3.05) is 0 Å². The lowest BCUT2D eigenvalue weighted by Crippen LogP contribution is -2.08. The summed E-state index contributed by atoms with van der Waals surface area (Å²) in [6.45, 7) is 2.69. The van der Waals surface area contributed by atoms with E-state index in [0.29, 0.717) is 10.9 Å². The predicted molar refractivity (Wildman–Crippen MR) is 57.3 cm³/mol. The van der Waals surface area contributed by atoms with Gasteiger partial charge in [0.05, 0.1) is 10.9 Å². The highest BCUT2D eigenvalue weighted by molar-refractivity contribution is 5.93. The molecule has 16 heavy (non-hydrogen) atoms. The molecule has 2 rings (SSSR count). The Kier molecular flexibility index (Phi) is 2.44. The van der Waals surface area contributed by atoms with Crippen LogP contribution in [-0.4, -0.2) is 21.7 Å². The monoisotopic (exact) mass is 218 g/mol. The highest BCUT2D eigenvalue weighted by Crippen LogP contribution is 2.24. The third-order valence-electron chi connectivity index (χ3n) is 2.09. The Labute approximate surface area is 91.6 Å². The van der Waals surface area contributed by atoms with Crippen LogP contribution in [0.25, 0.3) is 10.9 Å². The summed E-state index contributed by atoms with van der Waals surface area (Å²) in [5.41, 5.74) is 0.631. The number of hydrogen-bond donors (Lipinski definition) is 0. The molecule has 0 bridgehead atoms. The molecule has 0 spiro atoms. The highest BCUT2D eigenvalue weighted by Gasteiger charge is 2.14. The molecular formula is C11H10N2O3. The maximum absolute atomic E-state index is 11.3. The molecule has 82 valence electrons. The van der Waals surface area contributed by atoms with Gasteiger partial charge in [0.25, 0.3) is 0 Å². The minimum atomic E-state index is -0.459. The van der Waals surface area contributed by atoms with E-state index in [2.05, 4.69) is 5.10 Å². The SMILES string of the molecule is CC(=O)Oc1nn(C(C)=O)c2ccccc12. The second-order valence-electron chi connectivity index (χ2n) is 3.35. The average molecular weight is 218 g/mol. The Bertz CT molecular complexity index is 572. The van der Waals surface area contributed by atoms with Crippen LogP contribution in [0, 0.1) is 0 Å². The molecule has 0 amide bonds. The first-order valence-corrected chi connectivity index (χ1v) is 4.76. The van der Waals surface area contributed by atoms with Gasteiger partial charge in [0.15, 0.2) is 0 Å². The van der Waals surface area contributed by atoms with Crippen molar-refractivity contribution in [3.8, 4) is 5.88 Å². The zero-order chi connectivity index (χ0) is 11.7. The van der Waals surface area contributed by atoms with E-state index < -0.39 is 5.97 Å². The second kappa shape index (κ2) is 3.77. The maximum atomic E-state index is 11.3. The molecule has 1 aromatic carbocycles. The molecule has 0 unspecified atom stereocenters. The quantitative estimate of drug-likeness (QED) is 0.682. The zero-order valence-electron chi connectivity index (χ0n) is 8.93. The largest absolute Gasteiger partial charge is 0.405 e. The molecule has 0 saturated heterocycles. The minimum Gasteiger partial charge on any atom is -0.405 e. The lowest BCUT2D eigenvalue weighted by Gasteiger charge is -1.94. The summed E-state index contributed by atoms with van der Waals surface area (Å²) in [4.78, 5) is 22.2. The van der Waals surface area contributed by atoms with E-state index in [0.717, 1.165) is 0 Å². The Hall–Kier alpha value is -2.17. The van der Waals surface area contributed by atoms with Crippen LogP contribution in [0.4, 0.5) is 0 Å². The summed E-state index contributed by atoms with van der Waals surface area (Å²) >= 11 is 0. The van der Waals surface area contributed by atoms with E-state index in [1.54, 1.807) is 24.3 Å². The summed E-state index contributed by atoms with van der Waals surface area (Å²) < 4.78 is 6.15. The molecule has 0 aliphatic carbocycles. The summed E-state index contributed by atoms with van der Waals surface area (Å²) in [5, 5.41) is 4.60. The molecule has 5 heteroatoms. The molecule has 0 aliphatic heterocycles. The Morgan fingerprint density at radius 1 is 1.25 bits per heavy atom. The van der Waals surface area contributed by atoms with Gasteiger partial charge in [-0.15, -0.1) is 5.10 Å². The van der Waals surface area contributed by atoms with E-state index in [4.69, 9.17) is 4.74 Å². The predicted octanol–water partition coefficient (Wildman–Crippen LogP) is 1.62. The topological polar surface area (TPSA) is 61.2 Å². The number of fused-ring (bicyclic) bond motifs is 1. The van der Waals surface area contributed by atoms with Crippen LogP contribution in [0.15, 0.2) is 24.3 Å². The summed E-state index contributed by atoms with van der Waals surface area (Å²) in [6.07, 6.45) is 0. The van der Waals surface area contributed by atoms with Crippen LogP contribution in [0.5, 0.6) is 5.88 Å². The first-order chi connectivity index (χ1) is 7.59. The Morgan fingerprint density at radius 2 is 1.94 bits per heavy atom. The van der Waals surface area contributed by atoms with Crippen molar-refractivity contribution < 1.29 is 14.3 Å². The maximum Gasteiger partial charge on any atom is 0.309 e. The lowest BCUT2D eigenvalue weighted by molar-refractivity contribution is -0.132. The van der Waals surface area contributed by atoms with Gasteiger partial charge < -0.3 is 4.74 Å². The zero-order valence-corrected chi connectivity index (χ0v) is 8.93. The first kappa shape index (κ1) is 10.4. The average Bonchev–Trinajstić information content (AvgIpc) is 2.57. The van der Waals surface area contributed by atoms with Crippen molar-refractivity contribution in [1.82, 2.24) is 9.78 Å². The van der Waals surface area contributed by atoms with Crippen LogP contribution in [0.1, 0.15) is 18.6 Å². The van der Waals surface area contributed by atoms with Crippen molar-refractivity contribution in [1.29, 1.82) is 0 Å². The summed E-state index contributed by atoms with van der Waals surface area (Å²) in [6, 6.07) is 7.08. The van der Waals surface area contributed by atoms with Gasteiger partial charge in [0, 0.05) is 13.8 Å². The van der Waals surface area contributed by atoms with Gasteiger partial charge in [0.2, 0.25) is 11.8 Å². The van der Waals surface area contributed by atoms with Gasteiger partial charge in [-0.05, 0) is 12.1 Å². The number of ether oxygens (including phenoxy) is 1. The fraction of sp³-hybridized carbons (Fsp3) is 0.182. The lowest BCUT2D eigenvalue weighted by atomic mass is 10.2. The molecule has 0 N–H and O–H groups in total. The van der Waals surface area contributed by atoms with E-state index in [1.165, 1.54) is 18.5 Å². The molecule has 1 aromatic heterocycles. The minimum absolute atomic E-state index is 0.165. The molecule has 0 aliphatic rings. The van der Waals surface area contributed by atoms with Gasteiger partial charge in [-0.1, -0.05) is 12.1 Å². The van der Waals surface area contributed by atoms with Gasteiger partial charge in [-0.25, -0.2) is 0 Å². The number of carbonyl (C=O) groups excluding carboxylic acids is 2. The van der Waals surface area contributed by atoms with E-state index in [1.807, 2.05) is 0 Å². The first-order valence-electron chi connectivity index (χ1n) is 4.76. The second-order valence-corrected chi connectivity index (χ2v) is 3.35. The van der Waals surface area contributed by atoms with Crippen LogP contribution in [0.2, 0.25) is 0 Å². The van der Waals surface area contributed by atoms with Gasteiger partial charge >= 0.3 is 5.97 Å². The Morgan fingerprint density at radius 3 is 2.56 bits per heavy atom. The number of benzene rings is 1. The van der Waals surface area contributed by atoms with E-state index in [9.17, 15) is 9.59 Å². The molecule has 2 aromatic rings. The molecule has 0 radical (unpaired) electrons. The van der Waals surface area contributed by atoms with Gasteiger partial charge in [-0.3, -0.25) is 9.59 Å². The molecule has 0 saturated carbocycles. The van der Waals surface area contributed by atoms with Crippen LogP contribution < -0.4 is 4.74 Å². The number of nitrogens with zero attached hydrogens (tertiary/aromatic N) is 2. The van der Waals surface area contributed by atoms with Crippen LogP contribution in [-0.2, 0) is 4.79 Å². The van der Waals surface area contributed by atoms with Crippen molar-refractivity contribution in [3.63, 3.8) is 0 Å². The third kappa shape index (κ3) is 1.67. The molecular weight excluding hydrogens is 208 g/mol. The fourth-order valence-corrected chi connectivity index (χ4v) is 1.49. The van der Waals surface area contributed by atoms with Crippen molar-refractivity contribution in [2.24, 2.45) is 0 Å². The summed E-state index contributed by atoms with van der Waals surface area (Å²) in [5.74, 6) is -0.521. The molecule has 0 fully saturated rings. The summed E-state index contributed by atoms with van der Waals surface area (Å²) in [7, 11) is 0. The van der Waals surface area contributed by atoms with Crippen molar-refractivity contribution in [2.45, 2.75) is 13.8 Å². The Balaban J connectivity index is 2.66. The molecule has 0 atom stereocenters. The van der Waals surface area contributed by atoms with E-state index in [-0.39, 0.29) is 11.8 Å². The fourth-order valence-electron chi connectivity index (χ4n) is 1.49. The number of aromatic nitrogens is 2.